The van der Waals surface area contributed by atoms with E-state index in [1.807, 2.05) is 40.7 Å². The van der Waals surface area contributed by atoms with Crippen LogP contribution in [-0.4, -0.2) is 73.7 Å². The van der Waals surface area contributed by atoms with E-state index in [1.54, 1.807) is 4.90 Å². The second kappa shape index (κ2) is 9.65. The Balaban J connectivity index is 1.59. The number of hydrogen-bond acceptors (Lipinski definition) is 5. The summed E-state index contributed by atoms with van der Waals surface area (Å²) in [7, 11) is 2.09. The lowest BCUT2D eigenvalue weighted by Crippen LogP contribution is -2.55. The third-order valence-electron chi connectivity index (χ3n) is 6.34. The molecule has 2 amide bonds. The first-order chi connectivity index (χ1) is 14.9. The summed E-state index contributed by atoms with van der Waals surface area (Å²) in [5, 5.41) is 3.07. The van der Waals surface area contributed by atoms with Gasteiger partial charge in [0.1, 0.15) is 11.4 Å². The molecule has 0 bridgehead atoms. The van der Waals surface area contributed by atoms with E-state index >= 15 is 0 Å². The number of likely N-dealkylation sites (tertiary alicyclic amines) is 1. The van der Waals surface area contributed by atoms with Crippen molar-refractivity contribution in [1.82, 2.24) is 15.1 Å². The van der Waals surface area contributed by atoms with Gasteiger partial charge in [-0.2, -0.15) is 0 Å². The average Bonchev–Trinajstić information content (AvgIpc) is 2.66. The van der Waals surface area contributed by atoms with E-state index in [4.69, 9.17) is 4.74 Å². The largest absolute Gasteiger partial charge is 0.444 e. The van der Waals surface area contributed by atoms with E-state index in [-0.39, 0.29) is 35.7 Å². The van der Waals surface area contributed by atoms with E-state index in [9.17, 15) is 14.0 Å². The SMILES string of the molecule is C[C@H](C(=O)N[C@H](C)c1cc(F)ccc1N1CCN(C)CC1)C1CN(C(=O)OC(C)(C)C)C1. The molecule has 2 fully saturated rings. The molecule has 2 saturated heterocycles. The van der Waals surface area contributed by atoms with Gasteiger partial charge in [0.05, 0.1) is 6.04 Å². The summed E-state index contributed by atoms with van der Waals surface area (Å²) in [6.07, 6.45) is -0.341. The Labute approximate surface area is 190 Å². The molecule has 0 unspecified atom stereocenters. The first-order valence-electron chi connectivity index (χ1n) is 11.5. The summed E-state index contributed by atoms with van der Waals surface area (Å²) >= 11 is 0. The molecule has 2 aliphatic heterocycles. The number of hydrogen-bond donors (Lipinski definition) is 1. The zero-order valence-corrected chi connectivity index (χ0v) is 20.2. The first-order valence-corrected chi connectivity index (χ1v) is 11.5. The van der Waals surface area contributed by atoms with E-state index in [0.717, 1.165) is 37.4 Å². The van der Waals surface area contributed by atoms with Gasteiger partial charge < -0.3 is 24.8 Å². The molecule has 0 saturated carbocycles. The second-order valence-electron chi connectivity index (χ2n) is 10.2. The van der Waals surface area contributed by atoms with Crippen molar-refractivity contribution in [2.45, 2.75) is 46.3 Å². The number of amides is 2. The van der Waals surface area contributed by atoms with Crippen molar-refractivity contribution >= 4 is 17.7 Å². The normalized spacial score (nSPS) is 19.8. The van der Waals surface area contributed by atoms with Crippen LogP contribution in [0.2, 0.25) is 0 Å². The van der Waals surface area contributed by atoms with Crippen LogP contribution >= 0.6 is 0 Å². The molecule has 178 valence electrons. The smallest absolute Gasteiger partial charge is 0.410 e. The van der Waals surface area contributed by atoms with E-state index in [0.29, 0.717) is 13.1 Å². The molecule has 7 nitrogen and oxygen atoms in total. The Morgan fingerprint density at radius 3 is 2.34 bits per heavy atom. The summed E-state index contributed by atoms with van der Waals surface area (Å²) < 4.78 is 19.5. The molecule has 0 spiro atoms. The number of carbonyl (C=O) groups is 2. The molecule has 2 heterocycles. The highest BCUT2D eigenvalue weighted by Crippen LogP contribution is 2.30. The number of carbonyl (C=O) groups excluding carboxylic acids is 2. The summed E-state index contributed by atoms with van der Waals surface area (Å²) in [4.78, 5) is 31.2. The number of ether oxygens (including phenoxy) is 1. The van der Waals surface area contributed by atoms with Gasteiger partial charge in [-0.15, -0.1) is 0 Å². The quantitative estimate of drug-likeness (QED) is 0.749. The maximum absolute atomic E-state index is 14.1. The van der Waals surface area contributed by atoms with Crippen LogP contribution in [0.15, 0.2) is 18.2 Å². The van der Waals surface area contributed by atoms with Gasteiger partial charge in [0.25, 0.3) is 0 Å². The van der Waals surface area contributed by atoms with Gasteiger partial charge in [-0.05, 0) is 52.9 Å². The Bertz CT molecular complexity index is 827. The maximum Gasteiger partial charge on any atom is 0.410 e. The fourth-order valence-corrected chi connectivity index (χ4v) is 4.15. The average molecular weight is 449 g/mol. The lowest BCUT2D eigenvalue weighted by molar-refractivity contribution is -0.129. The van der Waals surface area contributed by atoms with Gasteiger partial charge in [-0.1, -0.05) is 6.92 Å². The van der Waals surface area contributed by atoms with Crippen molar-refractivity contribution < 1.29 is 18.7 Å². The van der Waals surface area contributed by atoms with Gasteiger partial charge in [0.2, 0.25) is 5.91 Å². The van der Waals surface area contributed by atoms with E-state index in [2.05, 4.69) is 22.2 Å². The summed E-state index contributed by atoms with van der Waals surface area (Å²) in [6.45, 7) is 13.9. The molecule has 8 heteroatoms. The molecule has 1 N–H and O–H groups in total. The monoisotopic (exact) mass is 448 g/mol. The lowest BCUT2D eigenvalue weighted by Gasteiger charge is -2.42. The third-order valence-corrected chi connectivity index (χ3v) is 6.34. The summed E-state index contributed by atoms with van der Waals surface area (Å²) in [5.41, 5.74) is 1.23. The standard InChI is InChI=1S/C24H37FN4O3/c1-16(18-14-29(15-18)23(31)32-24(3,4)5)22(30)26-17(2)20-13-19(25)7-8-21(20)28-11-9-27(6)10-12-28/h7-8,13,16-18H,9-12,14-15H2,1-6H3,(H,26,30)/t16-,17+/m0/s1. The lowest BCUT2D eigenvalue weighted by atomic mass is 9.86. The van der Waals surface area contributed by atoms with E-state index in [1.165, 1.54) is 12.1 Å². The Morgan fingerprint density at radius 2 is 1.75 bits per heavy atom. The third kappa shape index (κ3) is 5.91. The van der Waals surface area contributed by atoms with Gasteiger partial charge in [0, 0.05) is 62.4 Å². The van der Waals surface area contributed by atoms with Crippen LogP contribution < -0.4 is 10.2 Å². The van der Waals surface area contributed by atoms with Crippen LogP contribution in [0.3, 0.4) is 0 Å². The predicted molar refractivity (Wildman–Crippen MR) is 123 cm³/mol. The second-order valence-corrected chi connectivity index (χ2v) is 10.2. The number of halogens is 1. The molecule has 2 atom stereocenters. The van der Waals surface area contributed by atoms with Crippen molar-refractivity contribution in [3.05, 3.63) is 29.6 Å². The van der Waals surface area contributed by atoms with Gasteiger partial charge in [-0.25, -0.2) is 9.18 Å². The minimum atomic E-state index is -0.535. The van der Waals surface area contributed by atoms with Crippen LogP contribution in [0.25, 0.3) is 0 Å². The molecular weight excluding hydrogens is 411 g/mol. The number of rotatable bonds is 5. The minimum absolute atomic E-state index is 0.0827. The maximum atomic E-state index is 14.1. The summed E-state index contributed by atoms with van der Waals surface area (Å²) in [5.74, 6) is -0.560. The molecule has 3 rings (SSSR count). The van der Waals surface area contributed by atoms with Crippen LogP contribution in [-0.2, 0) is 9.53 Å². The molecule has 0 aromatic heterocycles. The van der Waals surface area contributed by atoms with Crippen molar-refractivity contribution in [3.8, 4) is 0 Å². The van der Waals surface area contributed by atoms with Gasteiger partial charge >= 0.3 is 6.09 Å². The van der Waals surface area contributed by atoms with Crippen LogP contribution in [0.1, 0.15) is 46.2 Å². The number of nitrogens with one attached hydrogen (secondary N) is 1. The first kappa shape index (κ1) is 24.3. The van der Waals surface area contributed by atoms with Crippen molar-refractivity contribution in [1.29, 1.82) is 0 Å². The van der Waals surface area contributed by atoms with Crippen LogP contribution in [0, 0.1) is 17.7 Å². The highest BCUT2D eigenvalue weighted by atomic mass is 19.1. The highest BCUT2D eigenvalue weighted by molar-refractivity contribution is 5.80. The molecule has 0 aliphatic carbocycles. The van der Waals surface area contributed by atoms with Crippen molar-refractivity contribution in [2.75, 3.05) is 51.2 Å². The van der Waals surface area contributed by atoms with E-state index < -0.39 is 5.60 Å². The number of piperazine rings is 1. The highest BCUT2D eigenvalue weighted by Gasteiger charge is 2.39. The van der Waals surface area contributed by atoms with Gasteiger partial charge in [-0.3, -0.25) is 4.79 Å². The Morgan fingerprint density at radius 1 is 1.12 bits per heavy atom. The molecule has 2 aliphatic rings. The number of benzene rings is 1. The minimum Gasteiger partial charge on any atom is -0.444 e. The molecule has 32 heavy (non-hydrogen) atoms. The van der Waals surface area contributed by atoms with Crippen LogP contribution in [0.5, 0.6) is 0 Å². The summed E-state index contributed by atoms with van der Waals surface area (Å²) in [6, 6.07) is 4.50. The zero-order valence-electron chi connectivity index (χ0n) is 20.2. The fourth-order valence-electron chi connectivity index (χ4n) is 4.15. The van der Waals surface area contributed by atoms with Crippen LogP contribution in [0.4, 0.5) is 14.9 Å². The predicted octanol–water partition coefficient (Wildman–Crippen LogP) is 3.26. The zero-order chi connectivity index (χ0) is 23.6. The van der Waals surface area contributed by atoms with Crippen molar-refractivity contribution in [2.24, 2.45) is 11.8 Å². The molecular formula is C24H37FN4O3. The number of anilines is 1. The van der Waals surface area contributed by atoms with Gasteiger partial charge in [0.15, 0.2) is 0 Å². The Hall–Kier alpha value is -2.35. The number of nitrogens with zero attached hydrogens (tertiary/aromatic N) is 3. The molecule has 0 radical (unpaired) electrons. The number of likely N-dealkylation sites (N-methyl/N-ethyl adjacent to an activating group) is 1. The fraction of sp³-hybridized carbons (Fsp3) is 0.667. The van der Waals surface area contributed by atoms with Crippen molar-refractivity contribution in [3.63, 3.8) is 0 Å². The Kier molecular flexibility index (Phi) is 7.32. The molecule has 1 aromatic carbocycles. The molecule has 1 aromatic rings. The topological polar surface area (TPSA) is 65.1 Å².